The molecule has 0 amide bonds. The average Bonchev–Trinajstić information content (AvgIpc) is 2.20. The highest BCUT2D eigenvalue weighted by Crippen LogP contribution is 2.04. The second-order valence-electron chi connectivity index (χ2n) is 3.90. The Kier molecular flexibility index (Phi) is 5.01. The van der Waals surface area contributed by atoms with Gasteiger partial charge in [0.2, 0.25) is 0 Å². The van der Waals surface area contributed by atoms with E-state index in [4.69, 9.17) is 9.47 Å². The van der Waals surface area contributed by atoms with Crippen molar-refractivity contribution in [1.82, 2.24) is 0 Å². The molecule has 0 bridgehead atoms. The van der Waals surface area contributed by atoms with Crippen LogP contribution in [0.2, 0.25) is 13.1 Å². The maximum Gasteiger partial charge on any atom is 0.146 e. The van der Waals surface area contributed by atoms with Crippen LogP contribution < -0.4 is 5.19 Å². The second kappa shape index (κ2) is 6.05. The molecule has 0 aliphatic carbocycles. The molecule has 1 rings (SSSR count). The van der Waals surface area contributed by atoms with Crippen molar-refractivity contribution in [3.63, 3.8) is 0 Å². The number of ether oxygens (including phenoxy) is 2. The Labute approximate surface area is 93.8 Å². The molecule has 0 spiro atoms. The summed E-state index contributed by atoms with van der Waals surface area (Å²) in [6, 6.07) is 6.57. The van der Waals surface area contributed by atoms with Crippen LogP contribution in [0.4, 0.5) is 0 Å². The summed E-state index contributed by atoms with van der Waals surface area (Å²) < 4.78 is 10.2. The molecule has 1 aromatic rings. The standard InChI is InChI=1S/C12H19O2Si/c1-10-5-6-11(8-14-9-13-2)7-12(10)15(3)4/h5-7H,8-9H2,1-4H3. The third kappa shape index (κ3) is 3.78. The minimum Gasteiger partial charge on any atom is -0.359 e. The van der Waals surface area contributed by atoms with Crippen molar-refractivity contribution >= 4 is 14.0 Å². The minimum absolute atomic E-state index is 0.360. The largest absolute Gasteiger partial charge is 0.359 e. The summed E-state index contributed by atoms with van der Waals surface area (Å²) in [5, 5.41) is 1.50. The lowest BCUT2D eigenvalue weighted by atomic mass is 10.2. The molecule has 1 aromatic carbocycles. The van der Waals surface area contributed by atoms with Crippen LogP contribution in [0, 0.1) is 6.92 Å². The molecular formula is C12H19O2Si. The molecular weight excluding hydrogens is 204 g/mol. The maximum atomic E-state index is 5.33. The van der Waals surface area contributed by atoms with Gasteiger partial charge in [0, 0.05) is 7.11 Å². The lowest BCUT2D eigenvalue weighted by molar-refractivity contribution is -0.0390. The molecule has 3 heteroatoms. The third-order valence-corrected chi connectivity index (χ3v) is 3.93. The zero-order valence-electron chi connectivity index (χ0n) is 9.96. The van der Waals surface area contributed by atoms with E-state index < -0.39 is 0 Å². The van der Waals surface area contributed by atoms with E-state index in [1.165, 1.54) is 16.3 Å². The third-order valence-electron chi connectivity index (χ3n) is 2.31. The molecule has 0 aromatic heterocycles. The van der Waals surface area contributed by atoms with E-state index in [2.05, 4.69) is 38.2 Å². The Bertz CT molecular complexity index is 310. The van der Waals surface area contributed by atoms with Gasteiger partial charge in [-0.25, -0.2) is 0 Å². The zero-order chi connectivity index (χ0) is 11.3. The second-order valence-corrected chi connectivity index (χ2v) is 6.44. The summed E-state index contributed by atoms with van der Waals surface area (Å²) in [4.78, 5) is 0. The van der Waals surface area contributed by atoms with Crippen molar-refractivity contribution in [3.8, 4) is 0 Å². The first kappa shape index (κ1) is 12.4. The van der Waals surface area contributed by atoms with E-state index in [-0.39, 0.29) is 8.80 Å². The molecule has 0 aliphatic rings. The van der Waals surface area contributed by atoms with Gasteiger partial charge in [0.1, 0.15) is 6.79 Å². The van der Waals surface area contributed by atoms with Crippen molar-refractivity contribution in [1.29, 1.82) is 0 Å². The SMILES string of the molecule is COCOCc1ccc(C)c([Si](C)C)c1. The first-order chi connectivity index (χ1) is 7.15. The highest BCUT2D eigenvalue weighted by molar-refractivity contribution is 6.71. The Morgan fingerprint density at radius 1 is 1.27 bits per heavy atom. The molecule has 15 heavy (non-hydrogen) atoms. The van der Waals surface area contributed by atoms with Gasteiger partial charge in [-0.15, -0.1) is 0 Å². The normalized spacial score (nSPS) is 11.0. The molecule has 0 saturated heterocycles. The summed E-state index contributed by atoms with van der Waals surface area (Å²) in [6.07, 6.45) is 0. The van der Waals surface area contributed by atoms with E-state index in [0.717, 1.165) is 0 Å². The van der Waals surface area contributed by atoms with Crippen LogP contribution in [0.1, 0.15) is 11.1 Å². The van der Waals surface area contributed by atoms with Gasteiger partial charge in [-0.2, -0.15) is 0 Å². The van der Waals surface area contributed by atoms with E-state index in [1.807, 2.05) is 0 Å². The van der Waals surface area contributed by atoms with Crippen LogP contribution in [0.5, 0.6) is 0 Å². The van der Waals surface area contributed by atoms with Crippen molar-refractivity contribution < 1.29 is 9.47 Å². The number of aryl methyl sites for hydroxylation is 1. The molecule has 0 heterocycles. The van der Waals surface area contributed by atoms with Crippen molar-refractivity contribution in [3.05, 3.63) is 29.3 Å². The first-order valence-electron chi connectivity index (χ1n) is 5.12. The highest BCUT2D eigenvalue weighted by atomic mass is 28.3. The van der Waals surface area contributed by atoms with E-state index in [1.54, 1.807) is 7.11 Å². The maximum absolute atomic E-state index is 5.33. The number of benzene rings is 1. The number of hydrogen-bond acceptors (Lipinski definition) is 2. The van der Waals surface area contributed by atoms with E-state index >= 15 is 0 Å². The Morgan fingerprint density at radius 2 is 2.00 bits per heavy atom. The molecule has 1 radical (unpaired) electrons. The number of rotatable bonds is 5. The smallest absolute Gasteiger partial charge is 0.146 e. The van der Waals surface area contributed by atoms with Gasteiger partial charge in [-0.05, 0) is 12.5 Å². The van der Waals surface area contributed by atoms with Gasteiger partial charge in [0.05, 0.1) is 15.4 Å². The summed E-state index contributed by atoms with van der Waals surface area (Å²) in [5.41, 5.74) is 2.63. The molecule has 0 unspecified atom stereocenters. The van der Waals surface area contributed by atoms with Gasteiger partial charge < -0.3 is 9.47 Å². The van der Waals surface area contributed by atoms with Crippen molar-refractivity contribution in [2.45, 2.75) is 26.6 Å². The Hall–Kier alpha value is -0.643. The van der Waals surface area contributed by atoms with Crippen LogP contribution in [-0.4, -0.2) is 22.7 Å². The first-order valence-corrected chi connectivity index (χ1v) is 7.62. The molecule has 0 saturated carbocycles. The summed E-state index contributed by atoms with van der Waals surface area (Å²) in [6.45, 7) is 7.79. The van der Waals surface area contributed by atoms with Gasteiger partial charge >= 0.3 is 0 Å². The molecule has 2 nitrogen and oxygen atoms in total. The molecule has 0 atom stereocenters. The van der Waals surface area contributed by atoms with Crippen LogP contribution >= 0.6 is 0 Å². The minimum atomic E-state index is -0.381. The summed E-state index contributed by atoms with van der Waals surface area (Å²) in [5.74, 6) is 0. The predicted octanol–water partition coefficient (Wildman–Crippen LogP) is 2.08. The quantitative estimate of drug-likeness (QED) is 0.432. The van der Waals surface area contributed by atoms with Crippen molar-refractivity contribution in [2.75, 3.05) is 13.9 Å². The lowest BCUT2D eigenvalue weighted by Gasteiger charge is -2.11. The number of hydrogen-bond donors (Lipinski definition) is 0. The van der Waals surface area contributed by atoms with Crippen LogP contribution in [0.25, 0.3) is 0 Å². The van der Waals surface area contributed by atoms with E-state index in [9.17, 15) is 0 Å². The topological polar surface area (TPSA) is 18.5 Å². The molecule has 0 fully saturated rings. The molecule has 0 N–H and O–H groups in total. The zero-order valence-corrected chi connectivity index (χ0v) is 11.0. The Balaban J connectivity index is 2.70. The fourth-order valence-electron chi connectivity index (χ4n) is 1.54. The van der Waals surface area contributed by atoms with Crippen LogP contribution in [-0.2, 0) is 16.1 Å². The monoisotopic (exact) mass is 223 g/mol. The van der Waals surface area contributed by atoms with Gasteiger partial charge in [0.25, 0.3) is 0 Å². The van der Waals surface area contributed by atoms with Gasteiger partial charge in [-0.1, -0.05) is 42.0 Å². The summed E-state index contributed by atoms with van der Waals surface area (Å²) in [7, 11) is 1.26. The predicted molar refractivity (Wildman–Crippen MR) is 65.0 cm³/mol. The Morgan fingerprint density at radius 3 is 2.60 bits per heavy atom. The van der Waals surface area contributed by atoms with Crippen LogP contribution in [0.15, 0.2) is 18.2 Å². The fourth-order valence-corrected chi connectivity index (χ4v) is 2.89. The van der Waals surface area contributed by atoms with Gasteiger partial charge in [0.15, 0.2) is 0 Å². The molecule has 0 aliphatic heterocycles. The highest BCUT2D eigenvalue weighted by Gasteiger charge is 2.05. The summed E-state index contributed by atoms with van der Waals surface area (Å²) >= 11 is 0. The molecule has 83 valence electrons. The van der Waals surface area contributed by atoms with E-state index in [0.29, 0.717) is 13.4 Å². The van der Waals surface area contributed by atoms with Gasteiger partial charge in [-0.3, -0.25) is 0 Å². The average molecular weight is 223 g/mol. The fraction of sp³-hybridized carbons (Fsp3) is 0.500. The lowest BCUT2D eigenvalue weighted by Crippen LogP contribution is -2.25. The number of methoxy groups -OCH3 is 1. The van der Waals surface area contributed by atoms with Crippen LogP contribution in [0.3, 0.4) is 0 Å². The van der Waals surface area contributed by atoms with Crippen molar-refractivity contribution in [2.24, 2.45) is 0 Å².